The lowest BCUT2D eigenvalue weighted by atomic mass is 10.3. The van der Waals surface area contributed by atoms with E-state index in [9.17, 15) is 4.79 Å². The predicted octanol–water partition coefficient (Wildman–Crippen LogP) is 0.669. The van der Waals surface area contributed by atoms with E-state index in [2.05, 4.69) is 4.74 Å². The van der Waals surface area contributed by atoms with Crippen LogP contribution in [0.3, 0.4) is 0 Å². The van der Waals surface area contributed by atoms with Gasteiger partial charge in [-0.1, -0.05) is 18.2 Å². The van der Waals surface area contributed by atoms with Gasteiger partial charge in [0, 0.05) is 13.2 Å². The number of methoxy groups -OCH3 is 1. The highest BCUT2D eigenvalue weighted by Gasteiger charge is 1.96. The molecule has 0 amide bonds. The summed E-state index contributed by atoms with van der Waals surface area (Å²) in [5.41, 5.74) is 0. The van der Waals surface area contributed by atoms with Gasteiger partial charge in [-0.25, -0.2) is 4.79 Å². The lowest BCUT2D eigenvalue weighted by Crippen LogP contribution is -2.11. The number of hydrogen-bond acceptors (Lipinski definition) is 4. The number of carbonyl (C=O) groups excluding carboxylic acids is 1. The third kappa shape index (κ3) is 6.39. The van der Waals surface area contributed by atoms with Gasteiger partial charge in [-0.3, -0.25) is 0 Å². The quantitative estimate of drug-likeness (QED) is 0.389. The minimum absolute atomic E-state index is 0.0831. The second-order valence-corrected chi connectivity index (χ2v) is 2.45. The van der Waals surface area contributed by atoms with Crippen LogP contribution in [0.5, 0.6) is 0 Å². The van der Waals surface area contributed by atoms with E-state index in [1.807, 2.05) is 0 Å². The Kier molecular flexibility index (Phi) is 7.78. The van der Waals surface area contributed by atoms with Gasteiger partial charge in [0.05, 0.1) is 19.3 Å². The number of ether oxygens (including phenoxy) is 2. The zero-order chi connectivity index (χ0) is 10.8. The average Bonchev–Trinajstić information content (AvgIpc) is 2.19. The number of rotatable bonds is 6. The number of esters is 1. The van der Waals surface area contributed by atoms with Crippen LogP contribution < -0.4 is 0 Å². The molecular weight excluding hydrogens is 184 g/mol. The van der Waals surface area contributed by atoms with Crippen molar-refractivity contribution in [2.24, 2.45) is 0 Å². The molecule has 0 bridgehead atoms. The molecule has 0 saturated carbocycles. The van der Waals surface area contributed by atoms with Crippen molar-refractivity contribution < 1.29 is 19.4 Å². The fraction of sp³-hybridized carbons (Fsp3) is 0.500. The van der Waals surface area contributed by atoms with Crippen LogP contribution in [0.15, 0.2) is 24.3 Å². The fourth-order valence-electron chi connectivity index (χ4n) is 0.727. The van der Waals surface area contributed by atoms with E-state index in [-0.39, 0.29) is 18.7 Å². The maximum absolute atomic E-state index is 10.8. The molecule has 1 N–H and O–H groups in total. The molecule has 0 spiro atoms. The summed E-state index contributed by atoms with van der Waals surface area (Å²) in [6.07, 6.45) is 5.79. The standard InChI is InChI=1S/C10H16O4/c1-3-14-10(12)7-5-4-6-9(8-11)13-2/h4-7,9,11H,3,8H2,1-2H3/b6-4+,7-5+/t9-/m0/s1. The summed E-state index contributed by atoms with van der Waals surface area (Å²) in [5.74, 6) is -0.380. The van der Waals surface area contributed by atoms with E-state index in [1.54, 1.807) is 25.2 Å². The third-order valence-corrected chi connectivity index (χ3v) is 1.44. The molecule has 0 rings (SSSR count). The summed E-state index contributed by atoms with van der Waals surface area (Å²) in [4.78, 5) is 10.8. The van der Waals surface area contributed by atoms with Crippen molar-refractivity contribution in [1.29, 1.82) is 0 Å². The molecule has 0 fully saturated rings. The van der Waals surface area contributed by atoms with E-state index < -0.39 is 0 Å². The van der Waals surface area contributed by atoms with Crippen LogP contribution in [0.25, 0.3) is 0 Å². The first-order valence-corrected chi connectivity index (χ1v) is 4.39. The lowest BCUT2D eigenvalue weighted by Gasteiger charge is -2.04. The van der Waals surface area contributed by atoms with E-state index in [0.29, 0.717) is 6.61 Å². The third-order valence-electron chi connectivity index (χ3n) is 1.44. The molecule has 0 heterocycles. The molecule has 4 heteroatoms. The molecule has 0 aliphatic heterocycles. The zero-order valence-electron chi connectivity index (χ0n) is 8.47. The Labute approximate surface area is 83.8 Å². The van der Waals surface area contributed by atoms with E-state index in [1.165, 1.54) is 13.2 Å². The van der Waals surface area contributed by atoms with Crippen molar-refractivity contribution in [2.75, 3.05) is 20.3 Å². The normalized spacial score (nSPS) is 13.6. The summed E-state index contributed by atoms with van der Waals surface area (Å²) in [5, 5.41) is 8.73. The molecule has 0 unspecified atom stereocenters. The molecule has 0 radical (unpaired) electrons. The molecule has 0 aromatic rings. The van der Waals surface area contributed by atoms with Gasteiger partial charge in [-0.2, -0.15) is 0 Å². The zero-order valence-corrected chi connectivity index (χ0v) is 8.47. The second-order valence-electron chi connectivity index (χ2n) is 2.45. The Morgan fingerprint density at radius 3 is 2.71 bits per heavy atom. The van der Waals surface area contributed by atoms with Crippen molar-refractivity contribution in [1.82, 2.24) is 0 Å². The Morgan fingerprint density at radius 1 is 1.50 bits per heavy atom. The van der Waals surface area contributed by atoms with Crippen molar-refractivity contribution in [3.63, 3.8) is 0 Å². The van der Waals surface area contributed by atoms with Gasteiger partial charge in [0.1, 0.15) is 0 Å². The molecule has 1 atom stereocenters. The molecule has 0 saturated heterocycles. The Hall–Kier alpha value is -1.13. The first-order chi connectivity index (χ1) is 6.74. The SMILES string of the molecule is CCOC(=O)/C=C/C=C/[C@@H](CO)OC. The summed E-state index contributed by atoms with van der Waals surface area (Å²) >= 11 is 0. The molecule has 0 aromatic carbocycles. The van der Waals surface area contributed by atoms with Crippen LogP contribution in [0.2, 0.25) is 0 Å². The molecular formula is C10H16O4. The highest BCUT2D eigenvalue weighted by molar-refractivity contribution is 5.82. The predicted molar refractivity (Wildman–Crippen MR) is 52.8 cm³/mol. The van der Waals surface area contributed by atoms with E-state index in [4.69, 9.17) is 9.84 Å². The van der Waals surface area contributed by atoms with Gasteiger partial charge in [0.15, 0.2) is 0 Å². The first-order valence-electron chi connectivity index (χ1n) is 4.39. The smallest absolute Gasteiger partial charge is 0.330 e. The van der Waals surface area contributed by atoms with Crippen molar-refractivity contribution >= 4 is 5.97 Å². The molecule has 0 aliphatic carbocycles. The molecule has 0 aromatic heterocycles. The summed E-state index contributed by atoms with van der Waals surface area (Å²) in [7, 11) is 1.50. The Balaban J connectivity index is 3.84. The van der Waals surface area contributed by atoms with Crippen LogP contribution in [0.1, 0.15) is 6.92 Å². The average molecular weight is 200 g/mol. The van der Waals surface area contributed by atoms with E-state index in [0.717, 1.165) is 0 Å². The van der Waals surface area contributed by atoms with Crippen LogP contribution in [0, 0.1) is 0 Å². The molecule has 4 nitrogen and oxygen atoms in total. The van der Waals surface area contributed by atoms with E-state index >= 15 is 0 Å². The van der Waals surface area contributed by atoms with Gasteiger partial charge in [-0.15, -0.1) is 0 Å². The molecule has 14 heavy (non-hydrogen) atoms. The van der Waals surface area contributed by atoms with Gasteiger partial charge in [0.25, 0.3) is 0 Å². The molecule has 80 valence electrons. The fourth-order valence-corrected chi connectivity index (χ4v) is 0.727. The van der Waals surface area contributed by atoms with Crippen molar-refractivity contribution in [3.8, 4) is 0 Å². The minimum Gasteiger partial charge on any atom is -0.463 e. The maximum Gasteiger partial charge on any atom is 0.330 e. The number of aliphatic hydroxyl groups excluding tert-OH is 1. The van der Waals surface area contributed by atoms with Gasteiger partial charge < -0.3 is 14.6 Å². The Bertz CT molecular complexity index is 204. The van der Waals surface area contributed by atoms with Crippen LogP contribution in [-0.4, -0.2) is 37.5 Å². The summed E-state index contributed by atoms with van der Waals surface area (Å²) in [6.45, 7) is 2.03. The number of aliphatic hydroxyl groups is 1. The summed E-state index contributed by atoms with van der Waals surface area (Å²) < 4.78 is 9.53. The maximum atomic E-state index is 10.8. The van der Waals surface area contributed by atoms with Gasteiger partial charge in [0.2, 0.25) is 0 Å². The monoisotopic (exact) mass is 200 g/mol. The topological polar surface area (TPSA) is 55.8 Å². The van der Waals surface area contributed by atoms with Crippen LogP contribution >= 0.6 is 0 Å². The first kappa shape index (κ1) is 12.9. The second kappa shape index (κ2) is 8.47. The summed E-state index contributed by atoms with van der Waals surface area (Å²) in [6, 6.07) is 0. The highest BCUT2D eigenvalue weighted by atomic mass is 16.5. The number of allylic oxidation sites excluding steroid dienone is 2. The van der Waals surface area contributed by atoms with Crippen LogP contribution in [-0.2, 0) is 14.3 Å². The molecule has 0 aliphatic rings. The van der Waals surface area contributed by atoms with Gasteiger partial charge in [-0.05, 0) is 6.92 Å². The highest BCUT2D eigenvalue weighted by Crippen LogP contribution is 1.91. The number of carbonyl (C=O) groups is 1. The van der Waals surface area contributed by atoms with Gasteiger partial charge >= 0.3 is 5.97 Å². The van der Waals surface area contributed by atoms with Crippen LogP contribution in [0.4, 0.5) is 0 Å². The van der Waals surface area contributed by atoms with Crippen molar-refractivity contribution in [2.45, 2.75) is 13.0 Å². The van der Waals surface area contributed by atoms with Crippen molar-refractivity contribution in [3.05, 3.63) is 24.3 Å². The Morgan fingerprint density at radius 2 is 2.21 bits per heavy atom. The minimum atomic E-state index is -0.380. The number of hydrogen-bond donors (Lipinski definition) is 1. The lowest BCUT2D eigenvalue weighted by molar-refractivity contribution is -0.137. The largest absolute Gasteiger partial charge is 0.463 e.